The molecule has 4 aliphatic rings. The zero-order chi connectivity index (χ0) is 42.8. The molecule has 0 aliphatic carbocycles. The second-order valence-corrected chi connectivity index (χ2v) is 20.1. The molecule has 0 bridgehead atoms. The van der Waals surface area contributed by atoms with Crippen LogP contribution >= 0.6 is 18.7 Å². The number of hydrogen-bond donors (Lipinski definition) is 1. The second kappa shape index (κ2) is 18.0. The molecule has 61 heavy (non-hydrogen) atoms. The summed E-state index contributed by atoms with van der Waals surface area (Å²) < 4.78 is 24.7. The summed E-state index contributed by atoms with van der Waals surface area (Å²) in [6.07, 6.45) is 5.10. The lowest BCUT2D eigenvalue weighted by molar-refractivity contribution is -0.137. The minimum Gasteiger partial charge on any atom is -0.496 e. The molecular formula is C45H51ClN7O7P. The topological polar surface area (TPSA) is 155 Å². The van der Waals surface area contributed by atoms with Crippen molar-refractivity contribution in [3.8, 4) is 11.5 Å². The van der Waals surface area contributed by atoms with Crippen molar-refractivity contribution in [2.45, 2.75) is 57.2 Å². The first kappa shape index (κ1) is 42.4. The number of piperidine rings is 2. The molecule has 5 heterocycles. The fourth-order valence-electron chi connectivity index (χ4n) is 8.97. The first-order valence-electron chi connectivity index (χ1n) is 20.8. The largest absolute Gasteiger partial charge is 0.496 e. The SMILES string of the molecule is COc1cc(N2CCC(N3CCN(C(=O)COc4ccc5c(c4)CN(C4CCC(=O)NC4=O)C5=O)CC3)CC2)ccc1Cc1ncc(Cl)c(Cc2ccccc2P(C)(C)=O)n1. The van der Waals surface area contributed by atoms with Crippen LogP contribution in [0.5, 0.6) is 11.5 Å². The van der Waals surface area contributed by atoms with E-state index in [1.807, 2.05) is 29.2 Å². The highest BCUT2D eigenvalue weighted by atomic mass is 35.5. The van der Waals surface area contributed by atoms with Gasteiger partial charge < -0.3 is 28.7 Å². The van der Waals surface area contributed by atoms with Crippen molar-refractivity contribution in [2.75, 3.05) is 71.2 Å². The Labute approximate surface area is 360 Å². The van der Waals surface area contributed by atoms with E-state index in [2.05, 4.69) is 38.3 Å². The first-order valence-corrected chi connectivity index (χ1v) is 23.8. The average Bonchev–Trinajstić information content (AvgIpc) is 3.58. The number of amides is 4. The van der Waals surface area contributed by atoms with E-state index in [0.717, 1.165) is 72.5 Å². The molecule has 1 atom stereocenters. The Morgan fingerprint density at radius 3 is 2.43 bits per heavy atom. The fourth-order valence-corrected chi connectivity index (χ4v) is 10.4. The van der Waals surface area contributed by atoms with Gasteiger partial charge in [-0.25, -0.2) is 9.97 Å². The van der Waals surface area contributed by atoms with E-state index in [4.69, 9.17) is 26.1 Å². The number of aromatic nitrogens is 2. The van der Waals surface area contributed by atoms with Crippen LogP contribution in [0, 0.1) is 0 Å². The van der Waals surface area contributed by atoms with E-state index in [1.54, 1.807) is 44.8 Å². The number of ether oxygens (including phenoxy) is 2. The number of halogens is 1. The number of methoxy groups -OCH3 is 1. The predicted octanol–water partition coefficient (Wildman–Crippen LogP) is 4.52. The summed E-state index contributed by atoms with van der Waals surface area (Å²) in [5.41, 5.74) is 4.96. The quantitative estimate of drug-likeness (QED) is 0.158. The number of hydrogen-bond acceptors (Lipinski definition) is 11. The normalized spacial score (nSPS) is 18.9. The molecule has 4 amide bonds. The minimum absolute atomic E-state index is 0.0801. The molecule has 1 N–H and O–H groups in total. The molecule has 0 saturated carbocycles. The number of rotatable bonds is 12. The van der Waals surface area contributed by atoms with Gasteiger partial charge in [-0.1, -0.05) is 41.9 Å². The van der Waals surface area contributed by atoms with Gasteiger partial charge in [0.2, 0.25) is 11.8 Å². The summed E-state index contributed by atoms with van der Waals surface area (Å²) in [6.45, 7) is 8.38. The Bertz CT molecular complexity index is 2390. The smallest absolute Gasteiger partial charge is 0.260 e. The van der Waals surface area contributed by atoms with Crippen LogP contribution in [0.4, 0.5) is 5.69 Å². The minimum atomic E-state index is -2.48. The van der Waals surface area contributed by atoms with Crippen LogP contribution in [0.15, 0.2) is 66.9 Å². The number of fused-ring (bicyclic) bond motifs is 1. The van der Waals surface area contributed by atoms with Gasteiger partial charge in [0.25, 0.3) is 11.8 Å². The summed E-state index contributed by atoms with van der Waals surface area (Å²) in [6, 6.07) is 18.9. The molecule has 4 aromatic rings. The van der Waals surface area contributed by atoms with Crippen LogP contribution in [-0.2, 0) is 38.3 Å². The predicted molar refractivity (Wildman–Crippen MR) is 233 cm³/mol. The van der Waals surface area contributed by atoms with Gasteiger partial charge in [-0.2, -0.15) is 0 Å². The van der Waals surface area contributed by atoms with Crippen molar-refractivity contribution < 1.29 is 33.2 Å². The Balaban J connectivity index is 0.800. The van der Waals surface area contributed by atoms with Crippen molar-refractivity contribution in [3.63, 3.8) is 0 Å². The number of piperazine rings is 1. The number of carbonyl (C=O) groups excluding carboxylic acids is 4. The molecule has 14 nitrogen and oxygen atoms in total. The van der Waals surface area contributed by atoms with Gasteiger partial charge in [0.05, 0.1) is 17.8 Å². The first-order chi connectivity index (χ1) is 29.3. The summed E-state index contributed by atoms with van der Waals surface area (Å²) >= 11 is 6.56. The van der Waals surface area contributed by atoms with Crippen LogP contribution in [0.1, 0.15) is 64.2 Å². The fraction of sp³-hybridized carbons (Fsp3) is 0.422. The molecule has 1 unspecified atom stereocenters. The third kappa shape index (κ3) is 9.46. The number of carbonyl (C=O) groups is 4. The van der Waals surface area contributed by atoms with Gasteiger partial charge in [0.1, 0.15) is 30.5 Å². The number of nitrogens with one attached hydrogen (secondary N) is 1. The van der Waals surface area contributed by atoms with E-state index in [9.17, 15) is 23.7 Å². The maximum atomic E-state index is 13.2. The third-order valence-electron chi connectivity index (χ3n) is 12.3. The van der Waals surface area contributed by atoms with Gasteiger partial charge in [-0.3, -0.25) is 29.4 Å². The Kier molecular flexibility index (Phi) is 12.5. The summed E-state index contributed by atoms with van der Waals surface area (Å²) in [5.74, 6) is 0.800. The molecule has 0 spiro atoms. The van der Waals surface area contributed by atoms with Gasteiger partial charge in [-0.15, -0.1) is 0 Å². The average molecular weight is 868 g/mol. The van der Waals surface area contributed by atoms with Gasteiger partial charge >= 0.3 is 0 Å². The lowest BCUT2D eigenvalue weighted by atomic mass is 10.0. The molecule has 3 saturated heterocycles. The molecule has 8 rings (SSSR count). The van der Waals surface area contributed by atoms with Gasteiger partial charge in [-0.05, 0) is 68.0 Å². The Morgan fingerprint density at radius 2 is 1.69 bits per heavy atom. The van der Waals surface area contributed by atoms with E-state index in [0.29, 0.717) is 66.2 Å². The lowest BCUT2D eigenvalue weighted by Crippen LogP contribution is -2.55. The molecule has 0 radical (unpaired) electrons. The highest BCUT2D eigenvalue weighted by molar-refractivity contribution is 7.70. The van der Waals surface area contributed by atoms with Crippen LogP contribution in [0.2, 0.25) is 5.02 Å². The van der Waals surface area contributed by atoms with Crippen molar-refractivity contribution >= 4 is 53.4 Å². The third-order valence-corrected chi connectivity index (χ3v) is 14.2. The lowest BCUT2D eigenvalue weighted by Gasteiger charge is -2.43. The van der Waals surface area contributed by atoms with Crippen molar-refractivity contribution in [3.05, 3.63) is 106 Å². The van der Waals surface area contributed by atoms with Crippen molar-refractivity contribution in [1.82, 2.24) is 30.0 Å². The highest BCUT2D eigenvalue weighted by Crippen LogP contribution is 2.37. The molecule has 320 valence electrons. The second-order valence-electron chi connectivity index (χ2n) is 16.6. The molecule has 3 aromatic carbocycles. The zero-order valence-electron chi connectivity index (χ0n) is 34.8. The maximum Gasteiger partial charge on any atom is 0.260 e. The number of anilines is 1. The van der Waals surface area contributed by atoms with E-state index < -0.39 is 19.1 Å². The standard InChI is InChI=1S/C45H51ClN7O7P/c1-59-39-25-33(9-8-29(39)24-41-47-26-36(46)37(48-41)23-30-6-4-5-7-40(30)61(2,3)58)50-16-14-32(15-17-50)51-18-20-52(21-19-51)43(55)28-60-34-10-11-35-31(22-34)27-53(45(35)57)38-12-13-42(54)49-44(38)56/h4-11,22,25-26,32,38H,12-21,23-24,27-28H2,1-3H3,(H,49,54,56). The number of imide groups is 1. The van der Waals surface area contributed by atoms with Crippen LogP contribution in [0.25, 0.3) is 0 Å². The van der Waals surface area contributed by atoms with E-state index >= 15 is 0 Å². The Hall–Kier alpha value is -5.30. The van der Waals surface area contributed by atoms with Crippen LogP contribution in [-0.4, -0.2) is 127 Å². The van der Waals surface area contributed by atoms with Crippen molar-refractivity contribution in [2.24, 2.45) is 0 Å². The summed E-state index contributed by atoms with van der Waals surface area (Å²) in [7, 11) is -0.802. The zero-order valence-corrected chi connectivity index (χ0v) is 36.4. The van der Waals surface area contributed by atoms with Gasteiger partial charge in [0, 0.05) is 105 Å². The molecular weight excluding hydrogens is 817 g/mol. The number of benzene rings is 3. The van der Waals surface area contributed by atoms with E-state index in [-0.39, 0.29) is 37.3 Å². The Morgan fingerprint density at radius 1 is 0.918 bits per heavy atom. The van der Waals surface area contributed by atoms with Crippen LogP contribution in [0.3, 0.4) is 0 Å². The van der Waals surface area contributed by atoms with Crippen molar-refractivity contribution in [1.29, 1.82) is 0 Å². The number of nitrogens with zero attached hydrogens (tertiary/aromatic N) is 6. The van der Waals surface area contributed by atoms with Crippen LogP contribution < -0.4 is 25.0 Å². The maximum absolute atomic E-state index is 13.2. The molecule has 16 heteroatoms. The summed E-state index contributed by atoms with van der Waals surface area (Å²) in [4.78, 5) is 67.8. The monoisotopic (exact) mass is 867 g/mol. The molecule has 4 aliphatic heterocycles. The van der Waals surface area contributed by atoms with Gasteiger partial charge in [0.15, 0.2) is 6.61 Å². The molecule has 1 aromatic heterocycles. The van der Waals surface area contributed by atoms with E-state index in [1.165, 1.54) is 4.90 Å². The molecule has 3 fully saturated rings. The summed E-state index contributed by atoms with van der Waals surface area (Å²) in [5, 5.41) is 3.63. The highest BCUT2D eigenvalue weighted by Gasteiger charge is 2.39.